The van der Waals surface area contributed by atoms with E-state index < -0.39 is 10.0 Å². The highest BCUT2D eigenvalue weighted by atomic mass is 32.2. The first-order valence-corrected chi connectivity index (χ1v) is 8.75. The standard InChI is InChI=1S/C13H21N3O4S/c1-3-4-9-21(18,19)16-7-5-15(6-8-16)13(17)12-10-11(2)20-14-12/h10H,3-9H2,1-2H3. The van der Waals surface area contributed by atoms with E-state index in [0.29, 0.717) is 38.4 Å². The zero-order valence-corrected chi connectivity index (χ0v) is 13.2. The van der Waals surface area contributed by atoms with Crippen LogP contribution in [0.2, 0.25) is 0 Å². The summed E-state index contributed by atoms with van der Waals surface area (Å²) in [6.45, 7) is 5.14. The number of hydrogen-bond donors (Lipinski definition) is 0. The molecule has 1 aliphatic rings. The molecule has 0 unspecified atom stereocenters. The molecule has 1 fully saturated rings. The number of piperazine rings is 1. The first-order chi connectivity index (χ1) is 9.94. The lowest BCUT2D eigenvalue weighted by molar-refractivity contribution is 0.0687. The van der Waals surface area contributed by atoms with Crippen molar-refractivity contribution in [1.29, 1.82) is 0 Å². The maximum Gasteiger partial charge on any atom is 0.276 e. The Morgan fingerprint density at radius 3 is 2.52 bits per heavy atom. The second-order valence-electron chi connectivity index (χ2n) is 5.18. The number of carbonyl (C=O) groups is 1. The summed E-state index contributed by atoms with van der Waals surface area (Å²) >= 11 is 0. The van der Waals surface area contributed by atoms with E-state index in [-0.39, 0.29) is 17.4 Å². The van der Waals surface area contributed by atoms with Gasteiger partial charge in [0.2, 0.25) is 10.0 Å². The monoisotopic (exact) mass is 315 g/mol. The minimum atomic E-state index is -3.19. The summed E-state index contributed by atoms with van der Waals surface area (Å²) in [7, 11) is -3.19. The fraction of sp³-hybridized carbons (Fsp3) is 0.692. The van der Waals surface area contributed by atoms with Crippen molar-refractivity contribution in [2.24, 2.45) is 0 Å². The van der Waals surface area contributed by atoms with Crippen molar-refractivity contribution < 1.29 is 17.7 Å². The predicted molar refractivity (Wildman–Crippen MR) is 77.4 cm³/mol. The summed E-state index contributed by atoms with van der Waals surface area (Å²) in [5.41, 5.74) is 0.273. The molecule has 1 aliphatic heterocycles. The number of amides is 1. The van der Waals surface area contributed by atoms with Crippen molar-refractivity contribution in [1.82, 2.24) is 14.4 Å². The van der Waals surface area contributed by atoms with Gasteiger partial charge in [-0.1, -0.05) is 18.5 Å². The minimum absolute atomic E-state index is 0.180. The average molecular weight is 315 g/mol. The lowest BCUT2D eigenvalue weighted by Gasteiger charge is -2.33. The highest BCUT2D eigenvalue weighted by molar-refractivity contribution is 7.89. The molecule has 0 spiro atoms. The van der Waals surface area contributed by atoms with E-state index in [1.54, 1.807) is 17.9 Å². The summed E-state index contributed by atoms with van der Waals surface area (Å²) in [6.07, 6.45) is 1.52. The van der Waals surface area contributed by atoms with Crippen LogP contribution in [0.4, 0.5) is 0 Å². The molecule has 1 aromatic heterocycles. The summed E-state index contributed by atoms with van der Waals surface area (Å²) in [4.78, 5) is 13.8. The number of carbonyl (C=O) groups excluding carboxylic acids is 1. The van der Waals surface area contributed by atoms with Gasteiger partial charge in [0.15, 0.2) is 5.69 Å². The Hall–Kier alpha value is -1.41. The molecule has 0 bridgehead atoms. The Kier molecular flexibility index (Phi) is 5.00. The molecule has 21 heavy (non-hydrogen) atoms. The third-order valence-electron chi connectivity index (χ3n) is 3.52. The molecule has 2 rings (SSSR count). The lowest BCUT2D eigenvalue weighted by atomic mass is 10.3. The maximum absolute atomic E-state index is 12.2. The van der Waals surface area contributed by atoms with Crippen molar-refractivity contribution >= 4 is 15.9 Å². The highest BCUT2D eigenvalue weighted by Crippen LogP contribution is 2.13. The zero-order chi connectivity index (χ0) is 15.5. The summed E-state index contributed by atoms with van der Waals surface area (Å²) in [6, 6.07) is 1.59. The molecule has 2 heterocycles. The topological polar surface area (TPSA) is 83.7 Å². The lowest BCUT2D eigenvalue weighted by Crippen LogP contribution is -2.51. The Labute approximate surface area is 124 Å². The molecule has 0 radical (unpaired) electrons. The molecule has 0 aromatic carbocycles. The van der Waals surface area contributed by atoms with Crippen LogP contribution in [0, 0.1) is 6.92 Å². The van der Waals surface area contributed by atoms with Gasteiger partial charge in [-0.15, -0.1) is 0 Å². The molecule has 1 aromatic rings. The number of unbranched alkanes of at least 4 members (excludes halogenated alkanes) is 1. The van der Waals surface area contributed by atoms with Crippen LogP contribution >= 0.6 is 0 Å². The molecule has 1 amide bonds. The number of aromatic nitrogens is 1. The summed E-state index contributed by atoms with van der Waals surface area (Å²) < 4.78 is 30.5. The van der Waals surface area contributed by atoms with Crippen molar-refractivity contribution in [3.63, 3.8) is 0 Å². The molecule has 0 N–H and O–H groups in total. The molecule has 118 valence electrons. The van der Waals surface area contributed by atoms with Gasteiger partial charge in [0.1, 0.15) is 5.76 Å². The van der Waals surface area contributed by atoms with Gasteiger partial charge in [-0.05, 0) is 13.3 Å². The Balaban J connectivity index is 1.93. The Morgan fingerprint density at radius 2 is 2.00 bits per heavy atom. The second-order valence-corrected chi connectivity index (χ2v) is 7.27. The van der Waals surface area contributed by atoms with E-state index in [1.807, 2.05) is 6.92 Å². The van der Waals surface area contributed by atoms with Crippen molar-refractivity contribution in [2.45, 2.75) is 26.7 Å². The molecule has 0 atom stereocenters. The molecule has 7 nitrogen and oxygen atoms in total. The SMILES string of the molecule is CCCCS(=O)(=O)N1CCN(C(=O)c2cc(C)on2)CC1. The minimum Gasteiger partial charge on any atom is -0.361 e. The first kappa shape index (κ1) is 16.0. The molecule has 0 aliphatic carbocycles. The third kappa shape index (κ3) is 3.82. The van der Waals surface area contributed by atoms with Crippen LogP contribution in [0.25, 0.3) is 0 Å². The highest BCUT2D eigenvalue weighted by Gasteiger charge is 2.29. The summed E-state index contributed by atoms with van der Waals surface area (Å²) in [5, 5.41) is 3.70. The first-order valence-electron chi connectivity index (χ1n) is 7.14. The Bertz CT molecular complexity index is 588. The molecule has 8 heteroatoms. The normalized spacial score (nSPS) is 17.1. The van der Waals surface area contributed by atoms with E-state index in [0.717, 1.165) is 6.42 Å². The van der Waals surface area contributed by atoms with E-state index in [1.165, 1.54) is 4.31 Å². The number of nitrogens with zero attached hydrogens (tertiary/aromatic N) is 3. The van der Waals surface area contributed by atoms with Crippen molar-refractivity contribution in [3.8, 4) is 0 Å². The molecule has 0 saturated carbocycles. The van der Waals surface area contributed by atoms with Gasteiger partial charge < -0.3 is 9.42 Å². The van der Waals surface area contributed by atoms with Gasteiger partial charge in [0, 0.05) is 32.2 Å². The fourth-order valence-electron chi connectivity index (χ4n) is 2.25. The van der Waals surface area contributed by atoms with Crippen LogP contribution in [0.1, 0.15) is 36.0 Å². The van der Waals surface area contributed by atoms with Crippen molar-refractivity contribution in [2.75, 3.05) is 31.9 Å². The number of aryl methyl sites for hydroxylation is 1. The van der Waals surface area contributed by atoms with Crippen LogP contribution in [-0.4, -0.2) is 60.6 Å². The van der Waals surface area contributed by atoms with E-state index in [9.17, 15) is 13.2 Å². The maximum atomic E-state index is 12.2. The largest absolute Gasteiger partial charge is 0.361 e. The van der Waals surface area contributed by atoms with Gasteiger partial charge in [-0.2, -0.15) is 4.31 Å². The quantitative estimate of drug-likeness (QED) is 0.805. The van der Waals surface area contributed by atoms with Crippen LogP contribution < -0.4 is 0 Å². The Morgan fingerprint density at radius 1 is 1.33 bits per heavy atom. The van der Waals surface area contributed by atoms with E-state index in [4.69, 9.17) is 4.52 Å². The fourth-order valence-corrected chi connectivity index (χ4v) is 3.89. The molecule has 1 saturated heterocycles. The molecular weight excluding hydrogens is 294 g/mol. The average Bonchev–Trinajstić information content (AvgIpc) is 2.91. The van der Waals surface area contributed by atoms with Gasteiger partial charge in [-0.25, -0.2) is 8.42 Å². The number of hydrogen-bond acceptors (Lipinski definition) is 5. The van der Waals surface area contributed by atoms with Crippen LogP contribution in [0.3, 0.4) is 0 Å². The van der Waals surface area contributed by atoms with Crippen LogP contribution in [-0.2, 0) is 10.0 Å². The van der Waals surface area contributed by atoms with E-state index >= 15 is 0 Å². The van der Waals surface area contributed by atoms with Gasteiger partial charge in [0.25, 0.3) is 5.91 Å². The van der Waals surface area contributed by atoms with Crippen LogP contribution in [0.15, 0.2) is 10.6 Å². The molecular formula is C13H21N3O4S. The van der Waals surface area contributed by atoms with Gasteiger partial charge in [0.05, 0.1) is 5.75 Å². The smallest absolute Gasteiger partial charge is 0.276 e. The number of rotatable bonds is 5. The van der Waals surface area contributed by atoms with E-state index in [2.05, 4.69) is 5.16 Å². The zero-order valence-electron chi connectivity index (χ0n) is 12.4. The third-order valence-corrected chi connectivity index (χ3v) is 5.48. The van der Waals surface area contributed by atoms with Crippen LogP contribution in [0.5, 0.6) is 0 Å². The number of sulfonamides is 1. The van der Waals surface area contributed by atoms with Gasteiger partial charge >= 0.3 is 0 Å². The summed E-state index contributed by atoms with van der Waals surface area (Å²) in [5.74, 6) is 0.552. The predicted octanol–water partition coefficient (Wildman–Crippen LogP) is 0.871. The second kappa shape index (κ2) is 6.57. The van der Waals surface area contributed by atoms with Crippen molar-refractivity contribution in [3.05, 3.63) is 17.5 Å². The van der Waals surface area contributed by atoms with Gasteiger partial charge in [-0.3, -0.25) is 4.79 Å².